The van der Waals surface area contributed by atoms with Gasteiger partial charge < -0.3 is 4.90 Å². The SMILES string of the molecule is O=C(C1CC1)N1Cc2ccc(-c3ccccc3)cc2/C=C\c2cc(Cl)ccc21. The first kappa shape index (κ1) is 17.3. The second-order valence-corrected chi connectivity index (χ2v) is 7.95. The lowest BCUT2D eigenvalue weighted by Gasteiger charge is -2.27. The Morgan fingerprint density at radius 3 is 2.43 bits per heavy atom. The predicted octanol–water partition coefficient (Wildman–Crippen LogP) is 6.43. The van der Waals surface area contributed by atoms with Crippen LogP contribution in [-0.2, 0) is 11.3 Å². The van der Waals surface area contributed by atoms with Crippen molar-refractivity contribution in [3.8, 4) is 11.1 Å². The van der Waals surface area contributed by atoms with Gasteiger partial charge in [-0.3, -0.25) is 4.79 Å². The van der Waals surface area contributed by atoms with Crippen molar-refractivity contribution in [2.45, 2.75) is 19.4 Å². The minimum Gasteiger partial charge on any atom is -0.307 e. The zero-order chi connectivity index (χ0) is 19.1. The molecule has 5 rings (SSSR count). The summed E-state index contributed by atoms with van der Waals surface area (Å²) in [6, 6.07) is 22.6. The highest BCUT2D eigenvalue weighted by Crippen LogP contribution is 2.37. The van der Waals surface area contributed by atoms with E-state index < -0.39 is 0 Å². The highest BCUT2D eigenvalue weighted by atomic mass is 35.5. The maximum absolute atomic E-state index is 13.0. The summed E-state index contributed by atoms with van der Waals surface area (Å²) in [5, 5.41) is 0.682. The Kier molecular flexibility index (Phi) is 4.29. The molecule has 0 radical (unpaired) electrons. The number of hydrogen-bond acceptors (Lipinski definition) is 1. The van der Waals surface area contributed by atoms with E-state index in [1.807, 2.05) is 29.2 Å². The Morgan fingerprint density at radius 2 is 1.64 bits per heavy atom. The van der Waals surface area contributed by atoms with Gasteiger partial charge in [0.15, 0.2) is 0 Å². The monoisotopic (exact) mass is 385 g/mol. The largest absolute Gasteiger partial charge is 0.307 e. The number of hydrogen-bond donors (Lipinski definition) is 0. The molecule has 0 unspecified atom stereocenters. The number of halogens is 1. The van der Waals surface area contributed by atoms with E-state index in [1.165, 1.54) is 11.1 Å². The first-order valence-corrected chi connectivity index (χ1v) is 10.0. The molecule has 2 aliphatic rings. The van der Waals surface area contributed by atoms with Gasteiger partial charge in [-0.15, -0.1) is 0 Å². The van der Waals surface area contributed by atoms with Gasteiger partial charge >= 0.3 is 0 Å². The molecular weight excluding hydrogens is 366 g/mol. The summed E-state index contributed by atoms with van der Waals surface area (Å²) < 4.78 is 0. The minimum absolute atomic E-state index is 0.166. The van der Waals surface area contributed by atoms with Crippen LogP contribution < -0.4 is 4.90 Å². The number of benzene rings is 3. The maximum atomic E-state index is 13.0. The summed E-state index contributed by atoms with van der Waals surface area (Å²) in [7, 11) is 0. The number of amides is 1. The van der Waals surface area contributed by atoms with Crippen LogP contribution in [0, 0.1) is 5.92 Å². The zero-order valence-electron chi connectivity index (χ0n) is 15.4. The van der Waals surface area contributed by atoms with Crippen molar-refractivity contribution in [2.75, 3.05) is 4.90 Å². The topological polar surface area (TPSA) is 20.3 Å². The molecule has 0 bridgehead atoms. The molecule has 1 aliphatic heterocycles. The maximum Gasteiger partial charge on any atom is 0.230 e. The highest BCUT2D eigenvalue weighted by molar-refractivity contribution is 6.31. The molecule has 0 aromatic heterocycles. The Labute approximate surface area is 170 Å². The number of anilines is 1. The van der Waals surface area contributed by atoms with Gasteiger partial charge in [-0.05, 0) is 64.9 Å². The van der Waals surface area contributed by atoms with Gasteiger partial charge in [0.25, 0.3) is 0 Å². The smallest absolute Gasteiger partial charge is 0.230 e. The van der Waals surface area contributed by atoms with E-state index in [-0.39, 0.29) is 11.8 Å². The third-order valence-electron chi connectivity index (χ3n) is 5.50. The predicted molar refractivity (Wildman–Crippen MR) is 116 cm³/mol. The fraction of sp³-hybridized carbons (Fsp3) is 0.160. The fourth-order valence-corrected chi connectivity index (χ4v) is 3.97. The molecule has 3 aromatic rings. The van der Waals surface area contributed by atoms with E-state index in [0.717, 1.165) is 35.2 Å². The van der Waals surface area contributed by atoms with Gasteiger partial charge in [-0.1, -0.05) is 66.2 Å². The molecule has 0 N–H and O–H groups in total. The van der Waals surface area contributed by atoms with E-state index in [9.17, 15) is 4.79 Å². The number of fused-ring (bicyclic) bond motifs is 2. The van der Waals surface area contributed by atoms with Crippen LogP contribution in [-0.4, -0.2) is 5.91 Å². The van der Waals surface area contributed by atoms with E-state index in [2.05, 4.69) is 54.6 Å². The summed E-state index contributed by atoms with van der Waals surface area (Å²) in [6.07, 6.45) is 6.19. The molecule has 1 fully saturated rings. The van der Waals surface area contributed by atoms with Gasteiger partial charge in [0, 0.05) is 10.9 Å². The third-order valence-corrected chi connectivity index (χ3v) is 5.73. The van der Waals surface area contributed by atoms with E-state index >= 15 is 0 Å². The Hall–Kier alpha value is -2.84. The molecule has 0 spiro atoms. The standard InChI is InChI=1S/C25H20ClNO/c26-23-12-13-24-21(15-23)10-8-20-14-19(17-4-2-1-3-5-17)9-11-22(20)16-27(24)25(28)18-6-7-18/h1-5,8-15,18H,6-7,16H2/b10-8-. The Bertz CT molecular complexity index is 1080. The number of nitrogens with zero attached hydrogens (tertiary/aromatic N) is 1. The third kappa shape index (κ3) is 3.25. The lowest BCUT2D eigenvalue weighted by Crippen LogP contribution is -2.32. The van der Waals surface area contributed by atoms with Crippen LogP contribution in [0.1, 0.15) is 29.5 Å². The van der Waals surface area contributed by atoms with Crippen LogP contribution in [0.2, 0.25) is 5.02 Å². The normalized spacial score (nSPS) is 16.5. The average molecular weight is 386 g/mol. The van der Waals surface area contributed by atoms with Crippen LogP contribution in [0.15, 0.2) is 66.7 Å². The van der Waals surface area contributed by atoms with Crippen LogP contribution in [0.5, 0.6) is 0 Å². The number of carbonyl (C=O) groups is 1. The molecular formula is C25H20ClNO. The van der Waals surface area contributed by atoms with E-state index in [0.29, 0.717) is 11.6 Å². The zero-order valence-corrected chi connectivity index (χ0v) is 16.2. The van der Waals surface area contributed by atoms with Crippen molar-refractivity contribution >= 4 is 35.3 Å². The fourth-order valence-electron chi connectivity index (χ4n) is 3.79. The lowest BCUT2D eigenvalue weighted by atomic mass is 9.96. The summed E-state index contributed by atoms with van der Waals surface area (Å²) in [5.41, 5.74) is 6.59. The molecule has 1 saturated carbocycles. The number of carbonyl (C=O) groups excluding carboxylic acids is 1. The second kappa shape index (κ2) is 6.96. The van der Waals surface area contributed by atoms with Crippen molar-refractivity contribution in [3.63, 3.8) is 0 Å². The molecule has 28 heavy (non-hydrogen) atoms. The molecule has 0 atom stereocenters. The van der Waals surface area contributed by atoms with Gasteiger partial charge in [0.2, 0.25) is 5.91 Å². The molecule has 3 aromatic carbocycles. The summed E-state index contributed by atoms with van der Waals surface area (Å²) in [6.45, 7) is 0.582. The van der Waals surface area contributed by atoms with Crippen LogP contribution in [0.3, 0.4) is 0 Å². The minimum atomic E-state index is 0.166. The van der Waals surface area contributed by atoms with Crippen LogP contribution >= 0.6 is 11.6 Å². The summed E-state index contributed by atoms with van der Waals surface area (Å²) >= 11 is 6.24. The Balaban J connectivity index is 1.62. The van der Waals surface area contributed by atoms with E-state index in [1.54, 1.807) is 0 Å². The molecule has 138 valence electrons. The quantitative estimate of drug-likeness (QED) is 0.497. The van der Waals surface area contributed by atoms with Crippen molar-refractivity contribution in [1.29, 1.82) is 0 Å². The van der Waals surface area contributed by atoms with Crippen molar-refractivity contribution in [1.82, 2.24) is 0 Å². The van der Waals surface area contributed by atoms with Gasteiger partial charge in [-0.25, -0.2) is 0 Å². The average Bonchev–Trinajstić information content (AvgIpc) is 3.55. The summed E-state index contributed by atoms with van der Waals surface area (Å²) in [4.78, 5) is 15.0. The van der Waals surface area contributed by atoms with Crippen LogP contribution in [0.25, 0.3) is 23.3 Å². The molecule has 1 amide bonds. The van der Waals surface area contributed by atoms with Crippen LogP contribution in [0.4, 0.5) is 5.69 Å². The molecule has 2 nitrogen and oxygen atoms in total. The molecule has 0 saturated heterocycles. The first-order valence-electron chi connectivity index (χ1n) is 9.66. The van der Waals surface area contributed by atoms with Crippen molar-refractivity contribution < 1.29 is 4.79 Å². The Morgan fingerprint density at radius 1 is 0.857 bits per heavy atom. The van der Waals surface area contributed by atoms with Crippen molar-refractivity contribution in [3.05, 3.63) is 88.4 Å². The van der Waals surface area contributed by atoms with Gasteiger partial charge in [0.05, 0.1) is 12.2 Å². The number of rotatable bonds is 2. The van der Waals surface area contributed by atoms with E-state index in [4.69, 9.17) is 11.6 Å². The molecule has 1 heterocycles. The lowest BCUT2D eigenvalue weighted by molar-refractivity contribution is -0.119. The van der Waals surface area contributed by atoms with Crippen molar-refractivity contribution in [2.24, 2.45) is 5.92 Å². The second-order valence-electron chi connectivity index (χ2n) is 7.51. The molecule has 3 heteroatoms. The summed E-state index contributed by atoms with van der Waals surface area (Å²) in [5.74, 6) is 0.385. The molecule has 1 aliphatic carbocycles. The highest BCUT2D eigenvalue weighted by Gasteiger charge is 2.35. The van der Waals surface area contributed by atoms with Gasteiger partial charge in [-0.2, -0.15) is 0 Å². The first-order chi connectivity index (χ1) is 13.7. The van der Waals surface area contributed by atoms with Gasteiger partial charge in [0.1, 0.15) is 0 Å².